The van der Waals surface area contributed by atoms with Gasteiger partial charge in [-0.1, -0.05) is 87.5 Å². The Morgan fingerprint density at radius 3 is 2.13 bits per heavy atom. The number of benzene rings is 2. The predicted octanol–water partition coefficient (Wildman–Crippen LogP) is 7.11. The van der Waals surface area contributed by atoms with Crippen LogP contribution in [0, 0.1) is 46.3 Å². The van der Waals surface area contributed by atoms with Crippen LogP contribution in [0.1, 0.15) is 83.3 Å². The molecule has 0 heterocycles. The van der Waals surface area contributed by atoms with Crippen molar-refractivity contribution in [1.29, 1.82) is 0 Å². The summed E-state index contributed by atoms with van der Waals surface area (Å²) in [6.45, 7) is 7.16. The van der Waals surface area contributed by atoms with Gasteiger partial charge in [0.05, 0.1) is 18.3 Å². The lowest BCUT2D eigenvalue weighted by Gasteiger charge is -2.63. The fourth-order valence-corrected chi connectivity index (χ4v) is 10.2. The van der Waals surface area contributed by atoms with Crippen molar-refractivity contribution in [2.45, 2.75) is 90.4 Å². The molecular formula is C36H48O3. The van der Waals surface area contributed by atoms with Crippen LogP contribution in [0.15, 0.2) is 66.7 Å². The molecule has 3 N–H and O–H groups in total. The standard InChI is InChI=1S/C36H48O3/c1-23(14-15-28(24-10-6-4-7-11-24)25-12-8-5-9-13-25)29-16-17-30-34-31(22-33(39)36(29,30)3)35(2)19-18-27(37)20-26(35)21-32(34)38/h4-13,15,23,26-27,29-34,37-39H,14,16-22H2,1-3H3. The Labute approximate surface area is 235 Å². The van der Waals surface area contributed by atoms with E-state index < -0.39 is 0 Å². The van der Waals surface area contributed by atoms with Gasteiger partial charge >= 0.3 is 0 Å². The quantitative estimate of drug-likeness (QED) is 0.388. The fraction of sp³-hybridized carbons (Fsp3) is 0.611. The summed E-state index contributed by atoms with van der Waals surface area (Å²) in [6, 6.07) is 21.4. The normalized spacial score (nSPS) is 42.1. The molecule has 3 nitrogen and oxygen atoms in total. The van der Waals surface area contributed by atoms with Crippen molar-refractivity contribution >= 4 is 5.57 Å². The van der Waals surface area contributed by atoms with Crippen LogP contribution in [0.4, 0.5) is 0 Å². The van der Waals surface area contributed by atoms with Crippen LogP contribution in [0.25, 0.3) is 5.57 Å². The number of rotatable bonds is 5. The number of allylic oxidation sites excluding steroid dienone is 1. The van der Waals surface area contributed by atoms with Gasteiger partial charge in [0.2, 0.25) is 0 Å². The van der Waals surface area contributed by atoms with E-state index >= 15 is 0 Å². The number of hydrogen-bond donors (Lipinski definition) is 3. The van der Waals surface area contributed by atoms with Crippen molar-refractivity contribution in [3.8, 4) is 0 Å². The van der Waals surface area contributed by atoms with Gasteiger partial charge in [-0.05, 0) is 114 Å². The zero-order valence-corrected chi connectivity index (χ0v) is 24.0. The molecule has 4 fully saturated rings. The molecule has 0 spiro atoms. The van der Waals surface area contributed by atoms with Crippen LogP contribution < -0.4 is 0 Å². The molecule has 3 heteroatoms. The van der Waals surface area contributed by atoms with E-state index in [1.807, 2.05) is 0 Å². The Morgan fingerprint density at radius 1 is 0.846 bits per heavy atom. The first kappa shape index (κ1) is 27.2. The van der Waals surface area contributed by atoms with E-state index in [4.69, 9.17) is 0 Å². The average molecular weight is 529 g/mol. The Morgan fingerprint density at radius 2 is 1.49 bits per heavy atom. The maximum absolute atomic E-state index is 11.9. The van der Waals surface area contributed by atoms with Crippen LogP contribution >= 0.6 is 0 Å². The van der Waals surface area contributed by atoms with E-state index in [0.29, 0.717) is 29.6 Å². The smallest absolute Gasteiger partial charge is 0.0602 e. The van der Waals surface area contributed by atoms with Gasteiger partial charge in [-0.15, -0.1) is 0 Å². The van der Waals surface area contributed by atoms with Crippen molar-refractivity contribution in [2.24, 2.45) is 46.3 Å². The molecule has 0 aliphatic heterocycles. The van der Waals surface area contributed by atoms with E-state index in [-0.39, 0.29) is 35.1 Å². The molecule has 39 heavy (non-hydrogen) atoms. The van der Waals surface area contributed by atoms with Crippen molar-refractivity contribution in [3.63, 3.8) is 0 Å². The maximum atomic E-state index is 11.9. The molecule has 0 bridgehead atoms. The topological polar surface area (TPSA) is 60.7 Å². The van der Waals surface area contributed by atoms with Crippen LogP contribution in [0.5, 0.6) is 0 Å². The minimum Gasteiger partial charge on any atom is -0.393 e. The molecule has 0 saturated heterocycles. The highest BCUT2D eigenvalue weighted by molar-refractivity contribution is 5.79. The zero-order valence-electron chi connectivity index (χ0n) is 24.0. The second-order valence-electron chi connectivity index (χ2n) is 14.1. The van der Waals surface area contributed by atoms with Gasteiger partial charge in [-0.2, -0.15) is 0 Å². The van der Waals surface area contributed by atoms with Gasteiger partial charge in [0.25, 0.3) is 0 Å². The second-order valence-corrected chi connectivity index (χ2v) is 14.1. The minimum atomic E-state index is -0.333. The molecule has 2 aromatic carbocycles. The third kappa shape index (κ3) is 4.53. The second kappa shape index (κ2) is 10.5. The summed E-state index contributed by atoms with van der Waals surface area (Å²) < 4.78 is 0. The van der Waals surface area contributed by atoms with Crippen molar-refractivity contribution < 1.29 is 15.3 Å². The summed E-state index contributed by atoms with van der Waals surface area (Å²) in [4.78, 5) is 0. The van der Waals surface area contributed by atoms with Gasteiger partial charge < -0.3 is 15.3 Å². The Balaban J connectivity index is 1.26. The molecule has 4 aliphatic rings. The highest BCUT2D eigenvalue weighted by Gasteiger charge is 2.65. The first-order valence-corrected chi connectivity index (χ1v) is 15.6. The highest BCUT2D eigenvalue weighted by Crippen LogP contribution is 2.68. The molecule has 0 aromatic heterocycles. The van der Waals surface area contributed by atoms with E-state index in [1.54, 1.807) is 0 Å². The zero-order chi connectivity index (χ0) is 27.4. The molecule has 4 saturated carbocycles. The van der Waals surface area contributed by atoms with Gasteiger partial charge in [-0.25, -0.2) is 0 Å². The van der Waals surface area contributed by atoms with Crippen LogP contribution in [-0.4, -0.2) is 33.6 Å². The van der Waals surface area contributed by atoms with Crippen LogP contribution in [0.2, 0.25) is 0 Å². The Bertz CT molecular complexity index is 1120. The first-order valence-electron chi connectivity index (χ1n) is 15.6. The monoisotopic (exact) mass is 528 g/mol. The number of aliphatic hydroxyl groups is 3. The highest BCUT2D eigenvalue weighted by atomic mass is 16.3. The predicted molar refractivity (Wildman–Crippen MR) is 158 cm³/mol. The summed E-state index contributed by atoms with van der Waals surface area (Å²) in [5.41, 5.74) is 3.74. The van der Waals surface area contributed by atoms with Crippen LogP contribution in [-0.2, 0) is 0 Å². The SMILES string of the molecule is CC(CC=C(c1ccccc1)c1ccccc1)C1CCC2C3C(O)CC4CC(O)CCC4(C)C3CC(O)C12C. The molecule has 2 aromatic rings. The van der Waals surface area contributed by atoms with Gasteiger partial charge in [0, 0.05) is 0 Å². The van der Waals surface area contributed by atoms with Gasteiger partial charge in [-0.3, -0.25) is 0 Å². The molecule has 0 radical (unpaired) electrons. The maximum Gasteiger partial charge on any atom is 0.0602 e. The minimum absolute atomic E-state index is 0.123. The van der Waals surface area contributed by atoms with E-state index in [0.717, 1.165) is 51.4 Å². The summed E-state index contributed by atoms with van der Waals surface area (Å²) >= 11 is 0. The van der Waals surface area contributed by atoms with E-state index in [2.05, 4.69) is 87.5 Å². The molecular weight excluding hydrogens is 480 g/mol. The molecule has 11 atom stereocenters. The molecule has 210 valence electrons. The summed E-state index contributed by atoms with van der Waals surface area (Å²) in [7, 11) is 0. The number of fused-ring (bicyclic) bond motifs is 5. The number of hydrogen-bond acceptors (Lipinski definition) is 3. The summed E-state index contributed by atoms with van der Waals surface area (Å²) in [5, 5.41) is 33.9. The Kier molecular flexibility index (Phi) is 7.31. The van der Waals surface area contributed by atoms with E-state index in [9.17, 15) is 15.3 Å². The Hall–Kier alpha value is -1.94. The number of aliphatic hydroxyl groups excluding tert-OH is 3. The lowest BCUT2D eigenvalue weighted by molar-refractivity contribution is -0.206. The molecule has 4 aliphatic carbocycles. The van der Waals surface area contributed by atoms with Crippen molar-refractivity contribution in [1.82, 2.24) is 0 Å². The lowest BCUT2D eigenvalue weighted by Crippen LogP contribution is -2.62. The largest absolute Gasteiger partial charge is 0.393 e. The molecule has 0 amide bonds. The average Bonchev–Trinajstić information content (AvgIpc) is 3.30. The van der Waals surface area contributed by atoms with Crippen LogP contribution in [0.3, 0.4) is 0 Å². The summed E-state index contributed by atoms with van der Waals surface area (Å²) in [5.74, 6) is 2.24. The van der Waals surface area contributed by atoms with E-state index in [1.165, 1.54) is 16.7 Å². The molecule has 6 rings (SSSR count). The fourth-order valence-electron chi connectivity index (χ4n) is 10.2. The first-order chi connectivity index (χ1) is 18.7. The van der Waals surface area contributed by atoms with Gasteiger partial charge in [0.1, 0.15) is 0 Å². The molecule has 11 unspecified atom stereocenters. The lowest BCUT2D eigenvalue weighted by atomic mass is 9.43. The third-order valence-corrected chi connectivity index (χ3v) is 12.4. The summed E-state index contributed by atoms with van der Waals surface area (Å²) in [6.07, 6.45) is 9.09. The van der Waals surface area contributed by atoms with Crippen molar-refractivity contribution in [2.75, 3.05) is 0 Å². The van der Waals surface area contributed by atoms with Crippen molar-refractivity contribution in [3.05, 3.63) is 77.9 Å². The third-order valence-electron chi connectivity index (χ3n) is 12.4. The van der Waals surface area contributed by atoms with Gasteiger partial charge in [0.15, 0.2) is 0 Å².